The van der Waals surface area contributed by atoms with E-state index in [-0.39, 0.29) is 11.4 Å². The summed E-state index contributed by atoms with van der Waals surface area (Å²) in [5.41, 5.74) is 19.1. The number of carbonyl (C=O) groups is 2. The minimum Gasteiger partial charge on any atom is -0.399 e. The summed E-state index contributed by atoms with van der Waals surface area (Å²) in [6, 6.07) is 14.4. The maximum absolute atomic E-state index is 11.1. The first-order valence-electron chi connectivity index (χ1n) is 7.72. The highest BCUT2D eigenvalue weighted by Crippen LogP contribution is 2.24. The van der Waals surface area contributed by atoms with E-state index in [9.17, 15) is 9.59 Å². The van der Waals surface area contributed by atoms with E-state index in [1.54, 1.807) is 0 Å². The standard InChI is InChI=1S/C17H15N5O2.CH5N/c18-13-6-4-11(5-7-13)12-2-1-3-14(8-12)22-9-15(20-17(19)24)16(10-23)21-22;1-2/h1-10H,18H2,(H3,19,20,24);2H2,1H3. The van der Waals surface area contributed by atoms with Crippen molar-refractivity contribution in [1.29, 1.82) is 0 Å². The lowest BCUT2D eigenvalue weighted by Gasteiger charge is -2.06. The zero-order valence-electron chi connectivity index (χ0n) is 14.2. The summed E-state index contributed by atoms with van der Waals surface area (Å²) >= 11 is 0. The predicted octanol–water partition coefficient (Wildman–Crippen LogP) is 2.00. The monoisotopic (exact) mass is 352 g/mol. The Kier molecular flexibility index (Phi) is 6.07. The number of nitrogens with two attached hydrogens (primary N) is 3. The van der Waals surface area contributed by atoms with Crippen LogP contribution in [0.25, 0.3) is 16.8 Å². The number of hydrogen-bond acceptors (Lipinski definition) is 5. The van der Waals surface area contributed by atoms with Gasteiger partial charge in [0.2, 0.25) is 0 Å². The van der Waals surface area contributed by atoms with Crippen LogP contribution in [0.3, 0.4) is 0 Å². The van der Waals surface area contributed by atoms with Gasteiger partial charge < -0.3 is 22.5 Å². The fraction of sp³-hybridized carbons (Fsp3) is 0.0556. The predicted molar refractivity (Wildman–Crippen MR) is 102 cm³/mol. The number of rotatable bonds is 4. The Bertz CT molecular complexity index is 902. The van der Waals surface area contributed by atoms with Crippen molar-refractivity contribution < 1.29 is 9.59 Å². The first kappa shape index (κ1) is 18.7. The van der Waals surface area contributed by atoms with Crippen LogP contribution >= 0.6 is 0 Å². The van der Waals surface area contributed by atoms with Gasteiger partial charge in [-0.1, -0.05) is 24.3 Å². The lowest BCUT2D eigenvalue weighted by atomic mass is 10.0. The molecule has 0 radical (unpaired) electrons. The number of carbonyl (C=O) groups excluding carboxylic acids is 2. The van der Waals surface area contributed by atoms with E-state index in [1.807, 2.05) is 48.5 Å². The Labute approximate surface area is 150 Å². The third-order valence-corrected chi connectivity index (χ3v) is 3.47. The maximum Gasteiger partial charge on any atom is 0.316 e. The first-order chi connectivity index (χ1) is 12.6. The summed E-state index contributed by atoms with van der Waals surface area (Å²) < 4.78 is 1.51. The van der Waals surface area contributed by atoms with Crippen LogP contribution in [-0.4, -0.2) is 29.1 Å². The molecule has 0 spiro atoms. The molecule has 0 fully saturated rings. The van der Waals surface area contributed by atoms with Gasteiger partial charge in [0.1, 0.15) is 5.69 Å². The molecule has 0 saturated heterocycles. The van der Waals surface area contributed by atoms with Crippen LogP contribution in [0.4, 0.5) is 16.2 Å². The minimum atomic E-state index is -0.756. The SMILES string of the molecule is CN.NC(=O)Nc1cn(-c2cccc(-c3ccc(N)cc3)c2)nc1C=O. The molecule has 7 N–H and O–H groups in total. The molecule has 2 aromatic carbocycles. The van der Waals surface area contributed by atoms with Crippen molar-refractivity contribution in [2.45, 2.75) is 0 Å². The molecule has 0 saturated carbocycles. The molecular formula is C18H20N6O2. The number of aldehydes is 1. The number of hydrogen-bond donors (Lipinski definition) is 4. The molecule has 0 atom stereocenters. The van der Waals surface area contributed by atoms with Crippen LogP contribution in [0.1, 0.15) is 10.5 Å². The molecule has 3 aromatic rings. The number of nitrogen functional groups attached to an aromatic ring is 1. The summed E-state index contributed by atoms with van der Waals surface area (Å²) in [5, 5.41) is 6.54. The Morgan fingerprint density at radius 3 is 2.42 bits per heavy atom. The van der Waals surface area contributed by atoms with E-state index in [2.05, 4.69) is 16.1 Å². The van der Waals surface area contributed by atoms with Gasteiger partial charge in [-0.25, -0.2) is 9.48 Å². The Morgan fingerprint density at radius 2 is 1.81 bits per heavy atom. The van der Waals surface area contributed by atoms with Crippen LogP contribution in [0.2, 0.25) is 0 Å². The van der Waals surface area contributed by atoms with E-state index in [0.29, 0.717) is 12.0 Å². The van der Waals surface area contributed by atoms with Gasteiger partial charge in [0.15, 0.2) is 6.29 Å². The topological polar surface area (TPSA) is 142 Å². The number of aromatic nitrogens is 2. The molecule has 0 bridgehead atoms. The molecule has 0 aliphatic carbocycles. The Hall–Kier alpha value is -3.65. The fourth-order valence-corrected chi connectivity index (χ4v) is 2.34. The van der Waals surface area contributed by atoms with E-state index in [4.69, 9.17) is 11.5 Å². The molecule has 0 aliphatic heterocycles. The molecular weight excluding hydrogens is 332 g/mol. The van der Waals surface area contributed by atoms with Gasteiger partial charge in [0.25, 0.3) is 0 Å². The second-order valence-corrected chi connectivity index (χ2v) is 5.15. The van der Waals surface area contributed by atoms with Crippen molar-refractivity contribution in [3.8, 4) is 16.8 Å². The quantitative estimate of drug-likeness (QED) is 0.419. The van der Waals surface area contributed by atoms with Gasteiger partial charge in [0, 0.05) is 5.69 Å². The molecule has 3 rings (SSSR count). The van der Waals surface area contributed by atoms with Crippen LogP contribution in [0, 0.1) is 0 Å². The highest BCUT2D eigenvalue weighted by atomic mass is 16.2. The number of nitrogens with one attached hydrogen (secondary N) is 1. The smallest absolute Gasteiger partial charge is 0.316 e. The van der Waals surface area contributed by atoms with Crippen molar-refractivity contribution >= 4 is 23.7 Å². The molecule has 2 amide bonds. The van der Waals surface area contributed by atoms with Gasteiger partial charge in [-0.15, -0.1) is 0 Å². The van der Waals surface area contributed by atoms with Crippen molar-refractivity contribution in [2.24, 2.45) is 11.5 Å². The second kappa shape index (κ2) is 8.45. The molecule has 1 heterocycles. The lowest BCUT2D eigenvalue weighted by Crippen LogP contribution is -2.19. The third kappa shape index (κ3) is 4.25. The van der Waals surface area contributed by atoms with Crippen molar-refractivity contribution in [2.75, 3.05) is 18.1 Å². The molecule has 8 nitrogen and oxygen atoms in total. The highest BCUT2D eigenvalue weighted by molar-refractivity contribution is 5.93. The summed E-state index contributed by atoms with van der Waals surface area (Å²) in [5.74, 6) is 0. The minimum absolute atomic E-state index is 0.103. The van der Waals surface area contributed by atoms with Crippen LogP contribution in [-0.2, 0) is 0 Å². The van der Waals surface area contributed by atoms with Gasteiger partial charge in [-0.2, -0.15) is 5.10 Å². The molecule has 8 heteroatoms. The molecule has 0 aliphatic rings. The normalized spacial score (nSPS) is 9.77. The van der Waals surface area contributed by atoms with Gasteiger partial charge >= 0.3 is 6.03 Å². The van der Waals surface area contributed by atoms with Gasteiger partial charge in [-0.3, -0.25) is 4.79 Å². The van der Waals surface area contributed by atoms with E-state index >= 15 is 0 Å². The van der Waals surface area contributed by atoms with Crippen LogP contribution in [0.5, 0.6) is 0 Å². The van der Waals surface area contributed by atoms with Crippen molar-refractivity contribution in [1.82, 2.24) is 9.78 Å². The summed E-state index contributed by atoms with van der Waals surface area (Å²) in [4.78, 5) is 22.1. The van der Waals surface area contributed by atoms with Crippen molar-refractivity contribution in [3.63, 3.8) is 0 Å². The zero-order chi connectivity index (χ0) is 19.1. The third-order valence-electron chi connectivity index (χ3n) is 3.47. The number of amides is 2. The lowest BCUT2D eigenvalue weighted by molar-refractivity contribution is 0.111. The van der Waals surface area contributed by atoms with Crippen LogP contribution in [0.15, 0.2) is 54.7 Å². The van der Waals surface area contributed by atoms with Gasteiger partial charge in [-0.05, 0) is 42.4 Å². The Balaban J connectivity index is 0.00000117. The fourth-order valence-electron chi connectivity index (χ4n) is 2.34. The number of benzene rings is 2. The number of urea groups is 1. The Morgan fingerprint density at radius 1 is 1.12 bits per heavy atom. The zero-order valence-corrected chi connectivity index (χ0v) is 14.2. The summed E-state index contributed by atoms with van der Waals surface area (Å²) in [6.07, 6.45) is 2.10. The average Bonchev–Trinajstić information content (AvgIpc) is 3.06. The van der Waals surface area contributed by atoms with E-state index in [1.165, 1.54) is 17.9 Å². The molecule has 1 aromatic heterocycles. The molecule has 134 valence electrons. The number of primary amides is 1. The van der Waals surface area contributed by atoms with Crippen molar-refractivity contribution in [3.05, 3.63) is 60.4 Å². The average molecular weight is 352 g/mol. The first-order valence-corrected chi connectivity index (χ1v) is 7.72. The summed E-state index contributed by atoms with van der Waals surface area (Å²) in [7, 11) is 1.50. The van der Waals surface area contributed by atoms with E-state index in [0.717, 1.165) is 16.8 Å². The molecule has 0 unspecified atom stereocenters. The number of anilines is 2. The van der Waals surface area contributed by atoms with Gasteiger partial charge in [0.05, 0.1) is 17.6 Å². The van der Waals surface area contributed by atoms with E-state index < -0.39 is 6.03 Å². The highest BCUT2D eigenvalue weighted by Gasteiger charge is 2.11. The maximum atomic E-state index is 11.1. The number of nitrogens with zero attached hydrogens (tertiary/aromatic N) is 2. The largest absolute Gasteiger partial charge is 0.399 e. The second-order valence-electron chi connectivity index (χ2n) is 5.15. The van der Waals surface area contributed by atoms with Crippen LogP contribution < -0.4 is 22.5 Å². The molecule has 26 heavy (non-hydrogen) atoms. The summed E-state index contributed by atoms with van der Waals surface area (Å²) in [6.45, 7) is 0.